The predicted octanol–water partition coefficient (Wildman–Crippen LogP) is 2.35. The Bertz CT molecular complexity index is 657. The summed E-state index contributed by atoms with van der Waals surface area (Å²) in [5.74, 6) is -1.08. The van der Waals surface area contributed by atoms with Gasteiger partial charge >= 0.3 is 12.1 Å². The topological polar surface area (TPSA) is 93.5 Å². The second-order valence-corrected chi connectivity index (χ2v) is 5.35. The number of rotatable bonds is 6. The zero-order chi connectivity index (χ0) is 15.9. The fraction of sp³-hybridized carbons (Fsp3) is 0.214. The molecule has 1 aromatic carbocycles. The summed E-state index contributed by atoms with van der Waals surface area (Å²) in [6.07, 6.45) is 0.975. The van der Waals surface area contributed by atoms with Crippen LogP contribution in [0.5, 0.6) is 0 Å². The van der Waals surface area contributed by atoms with Crippen molar-refractivity contribution in [1.29, 1.82) is 0 Å². The molecule has 0 aliphatic heterocycles. The third-order valence-corrected chi connectivity index (χ3v) is 3.54. The van der Waals surface area contributed by atoms with E-state index >= 15 is 0 Å². The molecule has 1 heterocycles. The normalized spacial score (nSPS) is 10.2. The van der Waals surface area contributed by atoms with E-state index in [2.05, 4.69) is 10.4 Å². The average molecular weight is 321 g/mol. The summed E-state index contributed by atoms with van der Waals surface area (Å²) in [6, 6.07) is 9.30. The number of carbonyl (C=O) groups is 2. The number of nitrogens with zero attached hydrogens (tertiary/aromatic N) is 2. The van der Waals surface area contributed by atoms with Crippen LogP contribution in [0.15, 0.2) is 41.6 Å². The van der Waals surface area contributed by atoms with Gasteiger partial charge in [0.15, 0.2) is 0 Å². The van der Waals surface area contributed by atoms with Gasteiger partial charge in [0.25, 0.3) is 0 Å². The standard InChI is InChI=1S/C14H15N3O4S/c1-17-7-11(13(16-17)22-9-12(18)19)15-14(20)21-8-10-5-3-2-4-6-10/h2-7H,8-9H2,1H3,(H,15,20)(H,18,19). The molecule has 0 bridgehead atoms. The predicted molar refractivity (Wildman–Crippen MR) is 81.8 cm³/mol. The lowest BCUT2D eigenvalue weighted by atomic mass is 10.2. The summed E-state index contributed by atoms with van der Waals surface area (Å²) in [4.78, 5) is 22.4. The molecule has 0 saturated carbocycles. The number of carboxylic acid groups (broad SMARTS) is 1. The van der Waals surface area contributed by atoms with Crippen LogP contribution in [0.3, 0.4) is 0 Å². The Morgan fingerprint density at radius 2 is 2.09 bits per heavy atom. The van der Waals surface area contributed by atoms with E-state index in [-0.39, 0.29) is 12.4 Å². The number of amides is 1. The first-order chi connectivity index (χ1) is 10.5. The highest BCUT2D eigenvalue weighted by molar-refractivity contribution is 8.00. The summed E-state index contributed by atoms with van der Waals surface area (Å²) in [5, 5.41) is 15.8. The lowest BCUT2D eigenvalue weighted by Crippen LogP contribution is -2.13. The number of benzene rings is 1. The van der Waals surface area contributed by atoms with Crippen LogP contribution >= 0.6 is 11.8 Å². The maximum absolute atomic E-state index is 11.8. The van der Waals surface area contributed by atoms with Crippen LogP contribution in [0.4, 0.5) is 10.5 Å². The van der Waals surface area contributed by atoms with Crippen molar-refractivity contribution in [2.45, 2.75) is 11.6 Å². The quantitative estimate of drug-likeness (QED) is 0.793. The maximum Gasteiger partial charge on any atom is 0.412 e. The van der Waals surface area contributed by atoms with E-state index in [4.69, 9.17) is 9.84 Å². The Labute approximate surface area is 131 Å². The molecule has 2 N–H and O–H groups in total. The molecule has 2 rings (SSSR count). The highest BCUT2D eigenvalue weighted by atomic mass is 32.2. The Hall–Kier alpha value is -2.48. The Morgan fingerprint density at radius 3 is 2.77 bits per heavy atom. The minimum absolute atomic E-state index is 0.134. The molecule has 1 amide bonds. The van der Waals surface area contributed by atoms with Crippen LogP contribution in [0.25, 0.3) is 0 Å². The van der Waals surface area contributed by atoms with Gasteiger partial charge in [0.05, 0.1) is 11.4 Å². The zero-order valence-corrected chi connectivity index (χ0v) is 12.7. The van der Waals surface area contributed by atoms with Gasteiger partial charge in [0.1, 0.15) is 11.6 Å². The first kappa shape index (κ1) is 15.9. The van der Waals surface area contributed by atoms with Gasteiger partial charge in [-0.3, -0.25) is 14.8 Å². The molecule has 8 heteroatoms. The first-order valence-electron chi connectivity index (χ1n) is 6.40. The van der Waals surface area contributed by atoms with Crippen molar-refractivity contribution in [3.05, 3.63) is 42.1 Å². The molecule has 0 atom stereocenters. The molecular weight excluding hydrogens is 306 g/mol. The van der Waals surface area contributed by atoms with Crippen LogP contribution in [0.2, 0.25) is 0 Å². The molecule has 0 spiro atoms. The van der Waals surface area contributed by atoms with Gasteiger partial charge < -0.3 is 9.84 Å². The van der Waals surface area contributed by atoms with Gasteiger partial charge in [-0.25, -0.2) is 4.79 Å². The number of ether oxygens (including phenoxy) is 1. The highest BCUT2D eigenvalue weighted by Crippen LogP contribution is 2.25. The number of aromatic nitrogens is 2. The van der Waals surface area contributed by atoms with Crippen LogP contribution in [-0.2, 0) is 23.2 Å². The van der Waals surface area contributed by atoms with Gasteiger partial charge in [0.2, 0.25) is 0 Å². The van der Waals surface area contributed by atoms with Crippen LogP contribution in [0, 0.1) is 0 Å². The third kappa shape index (κ3) is 4.81. The monoisotopic (exact) mass is 321 g/mol. The van der Waals surface area contributed by atoms with Crippen LogP contribution in [0.1, 0.15) is 5.56 Å². The van der Waals surface area contributed by atoms with E-state index in [9.17, 15) is 9.59 Å². The van der Waals surface area contributed by atoms with Gasteiger partial charge in [0, 0.05) is 13.2 Å². The van der Waals surface area contributed by atoms with Gasteiger partial charge in [-0.15, -0.1) is 0 Å². The van der Waals surface area contributed by atoms with Crippen molar-refractivity contribution < 1.29 is 19.4 Å². The second-order valence-electron chi connectivity index (χ2n) is 4.39. The summed E-state index contributed by atoms with van der Waals surface area (Å²) < 4.78 is 6.61. The van der Waals surface area contributed by atoms with Crippen molar-refractivity contribution in [2.24, 2.45) is 7.05 Å². The van der Waals surface area contributed by atoms with Crippen molar-refractivity contribution in [2.75, 3.05) is 11.1 Å². The molecule has 0 aliphatic carbocycles. The SMILES string of the molecule is Cn1cc(NC(=O)OCc2ccccc2)c(SCC(=O)O)n1. The van der Waals surface area contributed by atoms with Gasteiger partial charge in [-0.2, -0.15) is 5.10 Å². The van der Waals surface area contributed by atoms with Crippen LogP contribution in [-0.4, -0.2) is 32.7 Å². The number of anilines is 1. The summed E-state index contributed by atoms with van der Waals surface area (Å²) in [5.41, 5.74) is 1.30. The van der Waals surface area contributed by atoms with E-state index < -0.39 is 12.1 Å². The number of hydrogen-bond acceptors (Lipinski definition) is 5. The molecule has 22 heavy (non-hydrogen) atoms. The molecule has 116 valence electrons. The van der Waals surface area contributed by atoms with E-state index in [1.165, 1.54) is 4.68 Å². The van der Waals surface area contributed by atoms with Crippen molar-refractivity contribution in [3.8, 4) is 0 Å². The molecule has 2 aromatic rings. The zero-order valence-electron chi connectivity index (χ0n) is 11.9. The summed E-state index contributed by atoms with van der Waals surface area (Å²) in [7, 11) is 1.69. The van der Waals surface area contributed by atoms with Crippen molar-refractivity contribution in [3.63, 3.8) is 0 Å². The molecule has 1 aromatic heterocycles. The van der Waals surface area contributed by atoms with E-state index in [1.807, 2.05) is 30.3 Å². The van der Waals surface area contributed by atoms with E-state index in [0.29, 0.717) is 10.7 Å². The number of thioether (sulfide) groups is 1. The number of hydrogen-bond donors (Lipinski definition) is 2. The minimum Gasteiger partial charge on any atom is -0.481 e. The number of carboxylic acids is 1. The number of carbonyl (C=O) groups excluding carboxylic acids is 1. The Morgan fingerprint density at radius 1 is 1.36 bits per heavy atom. The number of aliphatic carboxylic acids is 1. The largest absolute Gasteiger partial charge is 0.481 e. The lowest BCUT2D eigenvalue weighted by Gasteiger charge is -2.06. The fourth-order valence-corrected chi connectivity index (χ4v) is 2.37. The van der Waals surface area contributed by atoms with Gasteiger partial charge in [-0.05, 0) is 5.56 Å². The Kier molecular flexibility index (Phi) is 5.42. The fourth-order valence-electron chi connectivity index (χ4n) is 1.66. The van der Waals surface area contributed by atoms with E-state index in [1.54, 1.807) is 13.2 Å². The smallest absolute Gasteiger partial charge is 0.412 e. The molecule has 0 fully saturated rings. The highest BCUT2D eigenvalue weighted by Gasteiger charge is 2.13. The third-order valence-electron chi connectivity index (χ3n) is 2.58. The minimum atomic E-state index is -0.951. The molecule has 0 aliphatic rings. The first-order valence-corrected chi connectivity index (χ1v) is 7.39. The van der Waals surface area contributed by atoms with E-state index in [0.717, 1.165) is 17.3 Å². The molecule has 7 nitrogen and oxygen atoms in total. The van der Waals surface area contributed by atoms with Crippen molar-refractivity contribution in [1.82, 2.24) is 9.78 Å². The number of nitrogens with one attached hydrogen (secondary N) is 1. The summed E-state index contributed by atoms with van der Waals surface area (Å²) >= 11 is 1.03. The van der Waals surface area contributed by atoms with Crippen molar-refractivity contribution >= 4 is 29.5 Å². The molecular formula is C14H15N3O4S. The maximum atomic E-state index is 11.8. The molecule has 0 radical (unpaired) electrons. The number of aryl methyl sites for hydroxylation is 1. The molecule has 0 saturated heterocycles. The Balaban J connectivity index is 1.92. The molecule has 0 unspecified atom stereocenters. The second kappa shape index (κ2) is 7.51. The average Bonchev–Trinajstić information content (AvgIpc) is 2.84. The lowest BCUT2D eigenvalue weighted by molar-refractivity contribution is -0.133. The van der Waals surface area contributed by atoms with Gasteiger partial charge in [-0.1, -0.05) is 42.1 Å². The van der Waals surface area contributed by atoms with Crippen LogP contribution < -0.4 is 5.32 Å². The summed E-state index contributed by atoms with van der Waals surface area (Å²) in [6.45, 7) is 0.157.